The van der Waals surface area contributed by atoms with Crippen molar-refractivity contribution in [3.8, 4) is 11.1 Å². The van der Waals surface area contributed by atoms with Crippen molar-refractivity contribution in [1.82, 2.24) is 4.98 Å². The predicted molar refractivity (Wildman–Crippen MR) is 123 cm³/mol. The van der Waals surface area contributed by atoms with Gasteiger partial charge in [0.1, 0.15) is 5.42 Å². The number of pyridine rings is 2. The van der Waals surface area contributed by atoms with E-state index in [1.54, 1.807) is 0 Å². The summed E-state index contributed by atoms with van der Waals surface area (Å²) in [5.74, 6) is 3.35. The van der Waals surface area contributed by atoms with Gasteiger partial charge in [-0.25, -0.2) is 9.55 Å². The van der Waals surface area contributed by atoms with Gasteiger partial charge in [0, 0.05) is 11.8 Å². The molecule has 0 saturated carbocycles. The highest BCUT2D eigenvalue weighted by Gasteiger charge is 2.34. The Balaban J connectivity index is 1.76. The second-order valence-corrected chi connectivity index (χ2v) is 8.21. The largest absolute Gasteiger partial charge is 0.439 e. The van der Waals surface area contributed by atoms with Crippen LogP contribution in [0.3, 0.4) is 0 Å². The third-order valence-corrected chi connectivity index (χ3v) is 6.02. The van der Waals surface area contributed by atoms with E-state index >= 15 is 0 Å². The summed E-state index contributed by atoms with van der Waals surface area (Å²) >= 11 is 0. The Kier molecular flexibility index (Phi) is 4.28. The van der Waals surface area contributed by atoms with Crippen molar-refractivity contribution in [1.29, 1.82) is 0 Å². The van der Waals surface area contributed by atoms with Crippen molar-refractivity contribution in [2.45, 2.75) is 27.6 Å². The molecule has 4 aromatic rings. The maximum absolute atomic E-state index is 6.12. The van der Waals surface area contributed by atoms with Crippen LogP contribution in [-0.4, -0.2) is 11.8 Å². The van der Waals surface area contributed by atoms with Crippen LogP contribution in [0.4, 0.5) is 5.82 Å². The summed E-state index contributed by atoms with van der Waals surface area (Å²) in [7, 11) is 2.12. The van der Waals surface area contributed by atoms with Crippen LogP contribution in [-0.2, 0) is 7.05 Å². The topological polar surface area (TPSA) is 33.2 Å². The highest BCUT2D eigenvalue weighted by atomic mass is 16.3. The van der Waals surface area contributed by atoms with E-state index < -0.39 is 0 Å². The summed E-state index contributed by atoms with van der Waals surface area (Å²) in [5.41, 5.74) is 7.52. The molecule has 0 radical (unpaired) electrons. The van der Waals surface area contributed by atoms with Gasteiger partial charge in [0.2, 0.25) is 5.71 Å². The van der Waals surface area contributed by atoms with Crippen LogP contribution < -0.4 is 20.0 Å². The zero-order valence-corrected chi connectivity index (χ0v) is 18.1. The van der Waals surface area contributed by atoms with Crippen LogP contribution in [0.2, 0.25) is 6.82 Å². The van der Waals surface area contributed by atoms with E-state index in [1.807, 2.05) is 13.0 Å². The minimum Gasteiger partial charge on any atom is -0.439 e. The molecule has 0 fully saturated rings. The highest BCUT2D eigenvalue weighted by molar-refractivity contribution is 6.77. The molecule has 1 aliphatic rings. The second kappa shape index (κ2) is 6.87. The van der Waals surface area contributed by atoms with E-state index in [0.29, 0.717) is 5.71 Å². The Morgan fingerprint density at radius 1 is 1.03 bits per heavy atom. The molecule has 148 valence electrons. The van der Waals surface area contributed by atoms with E-state index in [4.69, 9.17) is 4.42 Å². The van der Waals surface area contributed by atoms with E-state index in [0.717, 1.165) is 27.5 Å². The van der Waals surface area contributed by atoms with Crippen molar-refractivity contribution < 1.29 is 8.98 Å². The minimum atomic E-state index is 0.164. The quantitative estimate of drug-likeness (QED) is 0.385. The summed E-state index contributed by atoms with van der Waals surface area (Å²) < 4.78 is 8.33. The van der Waals surface area contributed by atoms with Gasteiger partial charge < -0.3 is 4.42 Å². The Morgan fingerprint density at radius 2 is 1.80 bits per heavy atom. The molecule has 0 bridgehead atoms. The monoisotopic (exact) mass is 394 g/mol. The van der Waals surface area contributed by atoms with Crippen LogP contribution in [0.15, 0.2) is 59.1 Å². The van der Waals surface area contributed by atoms with Crippen LogP contribution in [0.25, 0.3) is 33.9 Å². The minimum absolute atomic E-state index is 0.164. The van der Waals surface area contributed by atoms with Gasteiger partial charge in [0.25, 0.3) is 5.82 Å². The van der Waals surface area contributed by atoms with Gasteiger partial charge in [0.05, 0.1) is 29.5 Å². The number of aromatic nitrogens is 2. The van der Waals surface area contributed by atoms with Crippen molar-refractivity contribution in [2.75, 3.05) is 4.81 Å². The summed E-state index contributed by atoms with van der Waals surface area (Å²) in [4.78, 5) is 6.99. The van der Waals surface area contributed by atoms with Gasteiger partial charge in [-0.3, -0.25) is 4.81 Å². The Labute approximate surface area is 176 Å². The molecule has 0 spiro atoms. The summed E-state index contributed by atoms with van der Waals surface area (Å²) in [5, 5.41) is 2.21. The van der Waals surface area contributed by atoms with E-state index in [1.165, 1.54) is 22.4 Å². The molecule has 0 saturated heterocycles. The van der Waals surface area contributed by atoms with E-state index in [2.05, 4.69) is 96.7 Å². The lowest BCUT2D eigenvalue weighted by Gasteiger charge is -2.24. The molecule has 5 heteroatoms. The van der Waals surface area contributed by atoms with E-state index in [9.17, 15) is 0 Å². The molecule has 0 unspecified atom stereocenters. The van der Waals surface area contributed by atoms with Crippen molar-refractivity contribution >= 4 is 35.4 Å². The molecule has 5 rings (SSSR count). The van der Waals surface area contributed by atoms with Crippen LogP contribution in [0, 0.1) is 13.8 Å². The van der Waals surface area contributed by atoms with Gasteiger partial charge >= 0.3 is 6.85 Å². The van der Waals surface area contributed by atoms with Gasteiger partial charge in [-0.15, -0.1) is 0 Å². The molecule has 0 N–H and O–H groups in total. The molecule has 4 nitrogen and oxygen atoms in total. The SMILES string of the molecule is CB1C=c2oc3nc(C)ccc3c2=C(C)N1c1cc(-c2ccccc2)c(C)c[n+]1C. The van der Waals surface area contributed by atoms with Gasteiger partial charge in [-0.2, -0.15) is 0 Å². The summed E-state index contributed by atoms with van der Waals surface area (Å²) in [6.07, 6.45) is 2.21. The number of benzene rings is 1. The van der Waals surface area contributed by atoms with E-state index in [-0.39, 0.29) is 6.85 Å². The maximum atomic E-state index is 6.12. The zero-order valence-electron chi connectivity index (χ0n) is 18.1. The zero-order chi connectivity index (χ0) is 21.0. The average Bonchev–Trinajstić information content (AvgIpc) is 3.07. The molecule has 0 amide bonds. The molecule has 1 aromatic carbocycles. The first-order chi connectivity index (χ1) is 14.4. The smallest absolute Gasteiger partial charge is 0.405 e. The molecule has 3 aromatic heterocycles. The number of furan rings is 1. The number of nitrogens with zero attached hydrogens (tertiary/aromatic N) is 3. The van der Waals surface area contributed by atoms with Crippen LogP contribution >= 0.6 is 0 Å². The van der Waals surface area contributed by atoms with Gasteiger partial charge in [0.15, 0.2) is 0 Å². The third-order valence-electron chi connectivity index (χ3n) is 6.02. The second-order valence-electron chi connectivity index (χ2n) is 8.21. The number of hydrogen-bond acceptors (Lipinski definition) is 3. The standard InChI is InChI=1S/C25H25BN3O/c1-16-15-28(5)23(13-21(16)19-9-7-6-8-10-19)29-18(3)24-20-12-11-17(2)27-25(20)30-22(24)14-26(29)4/h6-15H,1-5H3/q+1. The lowest BCUT2D eigenvalue weighted by Crippen LogP contribution is -2.50. The summed E-state index contributed by atoms with van der Waals surface area (Å²) in [6, 6.07) is 17.1. The number of hydrogen-bond donors (Lipinski definition) is 0. The maximum Gasteiger partial charge on any atom is 0.405 e. The van der Waals surface area contributed by atoms with Gasteiger partial charge in [-0.05, 0) is 62.4 Å². The first kappa shape index (κ1) is 18.7. The number of fused-ring (bicyclic) bond motifs is 3. The van der Waals surface area contributed by atoms with Crippen molar-refractivity contribution in [3.63, 3.8) is 0 Å². The lowest BCUT2D eigenvalue weighted by atomic mass is 9.61. The van der Waals surface area contributed by atoms with Crippen LogP contribution in [0.1, 0.15) is 18.2 Å². The first-order valence-electron chi connectivity index (χ1n) is 10.4. The third kappa shape index (κ3) is 2.85. The Hall–Kier alpha value is -3.34. The molecular weight excluding hydrogens is 369 g/mol. The van der Waals surface area contributed by atoms with Crippen LogP contribution in [0.5, 0.6) is 0 Å². The fourth-order valence-electron chi connectivity index (χ4n) is 4.62. The molecule has 4 heterocycles. The fourth-order valence-corrected chi connectivity index (χ4v) is 4.62. The molecule has 0 aliphatic carbocycles. The van der Waals surface area contributed by atoms with Crippen molar-refractivity contribution in [3.05, 3.63) is 76.6 Å². The van der Waals surface area contributed by atoms with Crippen molar-refractivity contribution in [2.24, 2.45) is 7.05 Å². The Bertz CT molecular complexity index is 1410. The average molecular weight is 394 g/mol. The highest BCUT2D eigenvalue weighted by Crippen LogP contribution is 2.28. The van der Waals surface area contributed by atoms with Gasteiger partial charge in [-0.1, -0.05) is 30.3 Å². The predicted octanol–water partition coefficient (Wildman–Crippen LogP) is 3.53. The molecule has 1 aliphatic heterocycles. The molecule has 30 heavy (non-hydrogen) atoms. The number of anilines is 1. The molecule has 0 atom stereocenters. The summed E-state index contributed by atoms with van der Waals surface area (Å²) in [6.45, 7) is 8.72. The number of rotatable bonds is 2. The first-order valence-corrected chi connectivity index (χ1v) is 10.4. The number of aryl methyl sites for hydroxylation is 3. The molecular formula is C25H25BN3O+. The normalized spacial score (nSPS) is 13.6. The fraction of sp³-hybridized carbons (Fsp3) is 0.200. The Morgan fingerprint density at radius 3 is 2.57 bits per heavy atom. The lowest BCUT2D eigenvalue weighted by molar-refractivity contribution is -0.658.